The fraction of sp³-hybridized carbons (Fsp3) is 0.333. The summed E-state index contributed by atoms with van der Waals surface area (Å²) in [6.45, 7) is 3.08. The number of phenols is 1. The molecule has 1 atom stereocenters. The van der Waals surface area contributed by atoms with Gasteiger partial charge >= 0.3 is 0 Å². The molecule has 3 heteroatoms. The number of rotatable bonds is 3. The average Bonchev–Trinajstić information content (AvgIpc) is 2.60. The van der Waals surface area contributed by atoms with Crippen LogP contribution in [0.5, 0.6) is 5.75 Å². The van der Waals surface area contributed by atoms with Gasteiger partial charge in [-0.05, 0) is 38.2 Å². The standard InChI is InChI=1S/C12H16N2O/c1-9(13-2)8-14-6-5-10-7-11(15)3-4-12(10)14/h3-7,9,13,15H,8H2,1-2H3/t9-/m1/s1. The molecule has 0 unspecified atom stereocenters. The highest BCUT2D eigenvalue weighted by Crippen LogP contribution is 2.21. The van der Waals surface area contributed by atoms with Crippen LogP contribution < -0.4 is 5.32 Å². The first-order valence-electron chi connectivity index (χ1n) is 5.16. The van der Waals surface area contributed by atoms with Crippen molar-refractivity contribution < 1.29 is 5.11 Å². The average molecular weight is 204 g/mol. The van der Waals surface area contributed by atoms with Crippen LogP contribution in [0.1, 0.15) is 6.92 Å². The van der Waals surface area contributed by atoms with Crippen molar-refractivity contribution >= 4 is 10.9 Å². The molecule has 80 valence electrons. The van der Waals surface area contributed by atoms with Crippen LogP contribution in [-0.2, 0) is 6.54 Å². The molecule has 0 radical (unpaired) electrons. The second kappa shape index (κ2) is 3.95. The highest BCUT2D eigenvalue weighted by atomic mass is 16.3. The van der Waals surface area contributed by atoms with Gasteiger partial charge < -0.3 is 15.0 Å². The second-order valence-electron chi connectivity index (χ2n) is 3.90. The summed E-state index contributed by atoms with van der Waals surface area (Å²) in [7, 11) is 1.96. The number of benzene rings is 1. The summed E-state index contributed by atoms with van der Waals surface area (Å²) in [4.78, 5) is 0. The van der Waals surface area contributed by atoms with Gasteiger partial charge in [0.05, 0.1) is 0 Å². The van der Waals surface area contributed by atoms with Gasteiger partial charge in [0.15, 0.2) is 0 Å². The molecule has 0 aliphatic rings. The third kappa shape index (κ3) is 1.97. The number of phenolic OH excluding ortho intramolecular Hbond substituents is 1. The molecular weight excluding hydrogens is 188 g/mol. The summed E-state index contributed by atoms with van der Waals surface area (Å²) in [6.07, 6.45) is 2.05. The maximum Gasteiger partial charge on any atom is 0.116 e. The van der Waals surface area contributed by atoms with Crippen molar-refractivity contribution in [3.63, 3.8) is 0 Å². The molecule has 1 aromatic carbocycles. The van der Waals surface area contributed by atoms with Crippen molar-refractivity contribution in [3.8, 4) is 5.75 Å². The lowest BCUT2D eigenvalue weighted by Gasteiger charge is -2.12. The van der Waals surface area contributed by atoms with Gasteiger partial charge in [-0.25, -0.2) is 0 Å². The maximum atomic E-state index is 9.35. The van der Waals surface area contributed by atoms with E-state index in [0.29, 0.717) is 11.8 Å². The van der Waals surface area contributed by atoms with Crippen LogP contribution in [0.15, 0.2) is 30.5 Å². The van der Waals surface area contributed by atoms with E-state index in [-0.39, 0.29) is 0 Å². The Bertz CT molecular complexity index is 462. The van der Waals surface area contributed by atoms with Crippen molar-refractivity contribution in [3.05, 3.63) is 30.5 Å². The largest absolute Gasteiger partial charge is 0.508 e. The maximum absolute atomic E-state index is 9.35. The molecule has 0 saturated heterocycles. The van der Waals surface area contributed by atoms with Crippen LogP contribution in [-0.4, -0.2) is 22.8 Å². The number of hydrogen-bond acceptors (Lipinski definition) is 2. The van der Waals surface area contributed by atoms with Crippen molar-refractivity contribution in [2.24, 2.45) is 0 Å². The molecular formula is C12H16N2O. The predicted molar refractivity (Wildman–Crippen MR) is 62.1 cm³/mol. The van der Waals surface area contributed by atoms with E-state index in [1.54, 1.807) is 12.1 Å². The molecule has 0 aliphatic carbocycles. The molecule has 2 aromatic rings. The van der Waals surface area contributed by atoms with Crippen LogP contribution in [0.2, 0.25) is 0 Å². The fourth-order valence-electron chi connectivity index (χ4n) is 1.73. The minimum absolute atomic E-state index is 0.321. The van der Waals surface area contributed by atoms with Crippen molar-refractivity contribution in [1.29, 1.82) is 0 Å². The molecule has 0 aliphatic heterocycles. The van der Waals surface area contributed by atoms with E-state index in [1.807, 2.05) is 19.2 Å². The SMILES string of the molecule is CN[C@H](C)Cn1ccc2cc(O)ccc21. The van der Waals surface area contributed by atoms with Gasteiger partial charge in [0.25, 0.3) is 0 Å². The molecule has 1 aromatic heterocycles. The van der Waals surface area contributed by atoms with Crippen LogP contribution in [0, 0.1) is 0 Å². The number of nitrogens with zero attached hydrogens (tertiary/aromatic N) is 1. The number of likely N-dealkylation sites (N-methyl/N-ethyl adjacent to an activating group) is 1. The third-order valence-electron chi connectivity index (χ3n) is 2.72. The van der Waals surface area contributed by atoms with Gasteiger partial charge in [0, 0.05) is 29.7 Å². The summed E-state index contributed by atoms with van der Waals surface area (Å²) < 4.78 is 2.19. The predicted octanol–water partition coefficient (Wildman–Crippen LogP) is 1.95. The van der Waals surface area contributed by atoms with Crippen molar-refractivity contribution in [1.82, 2.24) is 9.88 Å². The molecule has 0 bridgehead atoms. The van der Waals surface area contributed by atoms with Crippen LogP contribution in [0.25, 0.3) is 10.9 Å². The Kier molecular flexibility index (Phi) is 2.64. The van der Waals surface area contributed by atoms with Crippen molar-refractivity contribution in [2.75, 3.05) is 7.05 Å². The summed E-state index contributed by atoms with van der Waals surface area (Å²) in [6, 6.07) is 7.93. The van der Waals surface area contributed by atoms with Crippen LogP contribution >= 0.6 is 0 Å². The number of aromatic nitrogens is 1. The number of aromatic hydroxyl groups is 1. The van der Waals surface area contributed by atoms with Crippen LogP contribution in [0.3, 0.4) is 0 Å². The van der Waals surface area contributed by atoms with E-state index in [2.05, 4.69) is 23.0 Å². The molecule has 2 N–H and O–H groups in total. The highest BCUT2D eigenvalue weighted by Gasteiger charge is 2.04. The zero-order valence-electron chi connectivity index (χ0n) is 9.07. The van der Waals surface area contributed by atoms with Gasteiger partial charge in [0.2, 0.25) is 0 Å². The van der Waals surface area contributed by atoms with Gasteiger partial charge in [-0.2, -0.15) is 0 Å². The molecule has 15 heavy (non-hydrogen) atoms. The smallest absolute Gasteiger partial charge is 0.116 e. The quantitative estimate of drug-likeness (QED) is 0.802. The normalized spacial score (nSPS) is 13.2. The van der Waals surface area contributed by atoms with Crippen LogP contribution in [0.4, 0.5) is 0 Å². The Morgan fingerprint density at radius 1 is 1.40 bits per heavy atom. The number of nitrogens with one attached hydrogen (secondary N) is 1. The van der Waals surface area contributed by atoms with E-state index in [0.717, 1.165) is 17.4 Å². The fourth-order valence-corrected chi connectivity index (χ4v) is 1.73. The summed E-state index contributed by atoms with van der Waals surface area (Å²) in [5.41, 5.74) is 1.16. The van der Waals surface area contributed by atoms with Crippen molar-refractivity contribution in [2.45, 2.75) is 19.5 Å². The molecule has 0 fully saturated rings. The third-order valence-corrected chi connectivity index (χ3v) is 2.72. The molecule has 0 spiro atoms. The molecule has 0 saturated carbocycles. The van der Waals surface area contributed by atoms with E-state index < -0.39 is 0 Å². The molecule has 2 rings (SSSR count). The Balaban J connectivity index is 2.36. The summed E-state index contributed by atoms with van der Waals surface area (Å²) in [5.74, 6) is 0.321. The minimum atomic E-state index is 0.321. The first-order valence-corrected chi connectivity index (χ1v) is 5.16. The lowest BCUT2D eigenvalue weighted by atomic mass is 10.2. The van der Waals surface area contributed by atoms with Gasteiger partial charge in [-0.1, -0.05) is 0 Å². The first kappa shape index (κ1) is 10.1. The number of hydrogen-bond donors (Lipinski definition) is 2. The van der Waals surface area contributed by atoms with E-state index >= 15 is 0 Å². The molecule has 0 amide bonds. The summed E-state index contributed by atoms with van der Waals surface area (Å²) >= 11 is 0. The number of fused-ring (bicyclic) bond motifs is 1. The highest BCUT2D eigenvalue weighted by molar-refractivity contribution is 5.81. The van der Waals surface area contributed by atoms with E-state index in [1.165, 1.54) is 0 Å². The summed E-state index contributed by atoms with van der Waals surface area (Å²) in [5, 5.41) is 13.6. The lowest BCUT2D eigenvalue weighted by molar-refractivity contribution is 0.476. The Hall–Kier alpha value is -1.48. The Labute approximate surface area is 89.3 Å². The lowest BCUT2D eigenvalue weighted by Crippen LogP contribution is -2.26. The van der Waals surface area contributed by atoms with Gasteiger partial charge in [-0.15, -0.1) is 0 Å². The molecule has 3 nitrogen and oxygen atoms in total. The minimum Gasteiger partial charge on any atom is -0.508 e. The second-order valence-corrected chi connectivity index (χ2v) is 3.90. The van der Waals surface area contributed by atoms with Gasteiger partial charge in [-0.3, -0.25) is 0 Å². The zero-order chi connectivity index (χ0) is 10.8. The van der Waals surface area contributed by atoms with Gasteiger partial charge in [0.1, 0.15) is 5.75 Å². The Morgan fingerprint density at radius 2 is 2.20 bits per heavy atom. The Morgan fingerprint density at radius 3 is 2.93 bits per heavy atom. The first-order chi connectivity index (χ1) is 7.20. The monoisotopic (exact) mass is 204 g/mol. The van der Waals surface area contributed by atoms with E-state index in [4.69, 9.17) is 0 Å². The topological polar surface area (TPSA) is 37.2 Å². The molecule has 1 heterocycles. The van der Waals surface area contributed by atoms with E-state index in [9.17, 15) is 5.11 Å². The zero-order valence-corrected chi connectivity index (χ0v) is 9.07.